The number of anilines is 3. The van der Waals surface area contributed by atoms with Crippen molar-refractivity contribution in [3.63, 3.8) is 0 Å². The van der Waals surface area contributed by atoms with Gasteiger partial charge in [-0.1, -0.05) is 29.8 Å². The van der Waals surface area contributed by atoms with Crippen molar-refractivity contribution in [2.24, 2.45) is 0 Å². The Hall–Kier alpha value is -3.49. The van der Waals surface area contributed by atoms with Crippen molar-refractivity contribution in [3.05, 3.63) is 82.0 Å². The SMILES string of the molecule is Cc1ccccc1N1C(=O)C(Cl)=C(Nc2ccc(C(=O)Nc3nccs3)cc2)C1=O. The Morgan fingerprint density at radius 2 is 1.80 bits per heavy atom. The maximum Gasteiger partial charge on any atom is 0.283 e. The summed E-state index contributed by atoms with van der Waals surface area (Å²) < 4.78 is 0. The van der Waals surface area contributed by atoms with Crippen molar-refractivity contribution in [1.82, 2.24) is 4.98 Å². The lowest BCUT2D eigenvalue weighted by Gasteiger charge is -2.17. The summed E-state index contributed by atoms with van der Waals surface area (Å²) in [6.45, 7) is 1.81. The largest absolute Gasteiger partial charge is 0.350 e. The smallest absolute Gasteiger partial charge is 0.283 e. The fraction of sp³-hybridized carbons (Fsp3) is 0.0476. The first-order valence-corrected chi connectivity index (χ1v) is 10.1. The summed E-state index contributed by atoms with van der Waals surface area (Å²) in [5.41, 5.74) is 2.19. The lowest BCUT2D eigenvalue weighted by molar-refractivity contribution is -0.120. The van der Waals surface area contributed by atoms with Crippen molar-refractivity contribution in [2.75, 3.05) is 15.5 Å². The minimum atomic E-state index is -0.585. The molecule has 0 atom stereocenters. The molecule has 0 aliphatic carbocycles. The normalized spacial score (nSPS) is 13.7. The second kappa shape index (κ2) is 8.10. The Kier molecular flexibility index (Phi) is 5.35. The van der Waals surface area contributed by atoms with Crippen LogP contribution in [0.1, 0.15) is 15.9 Å². The number of hydrogen-bond donors (Lipinski definition) is 2. The van der Waals surface area contributed by atoms with Crippen LogP contribution in [-0.4, -0.2) is 22.7 Å². The first kappa shape index (κ1) is 19.8. The number of aryl methyl sites for hydroxylation is 1. The van der Waals surface area contributed by atoms with Crippen LogP contribution >= 0.6 is 22.9 Å². The molecule has 1 aromatic heterocycles. The fourth-order valence-electron chi connectivity index (χ4n) is 2.95. The minimum Gasteiger partial charge on any atom is -0.350 e. The monoisotopic (exact) mass is 438 g/mol. The van der Waals surface area contributed by atoms with Crippen molar-refractivity contribution >= 4 is 57.2 Å². The second-order valence-electron chi connectivity index (χ2n) is 6.41. The van der Waals surface area contributed by atoms with E-state index in [1.807, 2.05) is 19.1 Å². The van der Waals surface area contributed by atoms with Gasteiger partial charge in [-0.05, 0) is 42.8 Å². The highest BCUT2D eigenvalue weighted by molar-refractivity contribution is 7.13. The number of aromatic nitrogens is 1. The van der Waals surface area contributed by atoms with Crippen LogP contribution in [0.25, 0.3) is 0 Å². The van der Waals surface area contributed by atoms with E-state index < -0.39 is 11.8 Å². The number of para-hydroxylation sites is 1. The van der Waals surface area contributed by atoms with E-state index in [1.54, 1.807) is 48.0 Å². The van der Waals surface area contributed by atoms with E-state index in [2.05, 4.69) is 15.6 Å². The molecule has 3 amide bonds. The predicted octanol–water partition coefficient (Wildman–Crippen LogP) is 4.14. The molecule has 0 radical (unpaired) electrons. The summed E-state index contributed by atoms with van der Waals surface area (Å²) >= 11 is 7.49. The van der Waals surface area contributed by atoms with Gasteiger partial charge in [-0.25, -0.2) is 9.88 Å². The van der Waals surface area contributed by atoms with Crippen molar-refractivity contribution in [1.29, 1.82) is 0 Å². The van der Waals surface area contributed by atoms with Crippen LogP contribution in [0, 0.1) is 6.92 Å². The van der Waals surface area contributed by atoms with E-state index in [-0.39, 0.29) is 16.6 Å². The summed E-state index contributed by atoms with van der Waals surface area (Å²) in [6.07, 6.45) is 1.60. The van der Waals surface area contributed by atoms with Gasteiger partial charge in [0.1, 0.15) is 10.7 Å². The van der Waals surface area contributed by atoms with Gasteiger partial charge >= 0.3 is 0 Å². The van der Waals surface area contributed by atoms with E-state index in [4.69, 9.17) is 11.6 Å². The molecule has 2 N–H and O–H groups in total. The molecule has 30 heavy (non-hydrogen) atoms. The Morgan fingerprint density at radius 3 is 2.47 bits per heavy atom. The third-order valence-electron chi connectivity index (χ3n) is 4.45. The number of hydrogen-bond acceptors (Lipinski definition) is 6. The van der Waals surface area contributed by atoms with Gasteiger partial charge < -0.3 is 5.32 Å². The third kappa shape index (κ3) is 3.70. The summed E-state index contributed by atoms with van der Waals surface area (Å²) in [5, 5.41) is 7.67. The summed E-state index contributed by atoms with van der Waals surface area (Å²) in [4.78, 5) is 42.8. The first-order chi connectivity index (χ1) is 14.5. The Bertz CT molecular complexity index is 1170. The highest BCUT2D eigenvalue weighted by Gasteiger charge is 2.39. The quantitative estimate of drug-likeness (QED) is 0.584. The molecule has 9 heteroatoms. The first-order valence-electron chi connectivity index (χ1n) is 8.88. The van der Waals surface area contributed by atoms with Crippen LogP contribution in [0.2, 0.25) is 0 Å². The van der Waals surface area contributed by atoms with Crippen LogP contribution in [0.15, 0.2) is 70.8 Å². The average Bonchev–Trinajstić information content (AvgIpc) is 3.32. The molecule has 7 nitrogen and oxygen atoms in total. The molecule has 0 bridgehead atoms. The molecule has 0 saturated heterocycles. The molecule has 0 fully saturated rings. The number of carbonyl (C=O) groups is 3. The van der Waals surface area contributed by atoms with Gasteiger partial charge in [0, 0.05) is 22.8 Å². The zero-order valence-corrected chi connectivity index (χ0v) is 17.3. The van der Waals surface area contributed by atoms with Crippen LogP contribution < -0.4 is 15.5 Å². The fourth-order valence-corrected chi connectivity index (χ4v) is 3.68. The molecular weight excluding hydrogens is 424 g/mol. The molecule has 150 valence electrons. The highest BCUT2D eigenvalue weighted by Crippen LogP contribution is 2.31. The molecule has 1 aliphatic rings. The van der Waals surface area contributed by atoms with Crippen LogP contribution in [0.4, 0.5) is 16.5 Å². The highest BCUT2D eigenvalue weighted by atomic mass is 35.5. The number of amides is 3. The molecule has 0 spiro atoms. The van der Waals surface area contributed by atoms with Gasteiger partial charge in [-0.2, -0.15) is 0 Å². The number of nitrogens with zero attached hydrogens (tertiary/aromatic N) is 2. The minimum absolute atomic E-state index is 0.00935. The molecule has 0 saturated carbocycles. The maximum absolute atomic E-state index is 12.9. The Labute approximate surface area is 181 Å². The van der Waals surface area contributed by atoms with Gasteiger partial charge in [0.25, 0.3) is 17.7 Å². The molecule has 0 unspecified atom stereocenters. The lowest BCUT2D eigenvalue weighted by Crippen LogP contribution is -2.32. The summed E-state index contributed by atoms with van der Waals surface area (Å²) in [7, 11) is 0. The number of halogens is 1. The Balaban J connectivity index is 1.51. The van der Waals surface area contributed by atoms with Crippen LogP contribution in [-0.2, 0) is 9.59 Å². The van der Waals surface area contributed by atoms with E-state index in [1.165, 1.54) is 11.3 Å². The number of benzene rings is 2. The Morgan fingerprint density at radius 1 is 1.07 bits per heavy atom. The van der Waals surface area contributed by atoms with Crippen LogP contribution in [0.3, 0.4) is 0 Å². The van der Waals surface area contributed by atoms with Gasteiger partial charge in [0.05, 0.1) is 5.69 Å². The van der Waals surface area contributed by atoms with Crippen molar-refractivity contribution < 1.29 is 14.4 Å². The maximum atomic E-state index is 12.9. The van der Waals surface area contributed by atoms with E-state index in [9.17, 15) is 14.4 Å². The molecule has 1 aliphatic heterocycles. The summed E-state index contributed by atoms with van der Waals surface area (Å²) in [5.74, 6) is -1.42. The van der Waals surface area contributed by atoms with Crippen molar-refractivity contribution in [3.8, 4) is 0 Å². The molecule has 2 heterocycles. The standard InChI is InChI=1S/C21H15ClN4O3S/c1-12-4-2-3-5-15(12)26-19(28)16(22)17(20(26)29)24-14-8-6-13(7-9-14)18(27)25-21-23-10-11-30-21/h2-11,24H,1H3,(H,23,25,27). The van der Waals surface area contributed by atoms with Gasteiger partial charge in [0.2, 0.25) is 0 Å². The number of thiazole rings is 1. The molecule has 2 aromatic carbocycles. The number of imide groups is 1. The second-order valence-corrected chi connectivity index (χ2v) is 7.69. The van der Waals surface area contributed by atoms with Gasteiger partial charge in [-0.15, -0.1) is 11.3 Å². The number of nitrogens with one attached hydrogen (secondary N) is 2. The topological polar surface area (TPSA) is 91.4 Å². The van der Waals surface area contributed by atoms with E-state index in [0.717, 1.165) is 10.5 Å². The molecule has 4 rings (SSSR count). The number of rotatable bonds is 5. The molecule has 3 aromatic rings. The van der Waals surface area contributed by atoms with Crippen molar-refractivity contribution in [2.45, 2.75) is 6.92 Å². The van der Waals surface area contributed by atoms with E-state index in [0.29, 0.717) is 22.1 Å². The van der Waals surface area contributed by atoms with Gasteiger partial charge in [-0.3, -0.25) is 19.7 Å². The average molecular weight is 439 g/mol. The van der Waals surface area contributed by atoms with E-state index >= 15 is 0 Å². The zero-order chi connectivity index (χ0) is 21.3. The number of carbonyl (C=O) groups excluding carboxylic acids is 3. The molecular formula is C21H15ClN4O3S. The van der Waals surface area contributed by atoms with Crippen LogP contribution in [0.5, 0.6) is 0 Å². The zero-order valence-electron chi connectivity index (χ0n) is 15.7. The summed E-state index contributed by atoms with van der Waals surface area (Å²) in [6, 6.07) is 13.5. The van der Waals surface area contributed by atoms with Gasteiger partial charge in [0.15, 0.2) is 5.13 Å². The third-order valence-corrected chi connectivity index (χ3v) is 5.49. The lowest BCUT2D eigenvalue weighted by atomic mass is 10.2. The predicted molar refractivity (Wildman–Crippen MR) is 117 cm³/mol.